The van der Waals surface area contributed by atoms with E-state index in [9.17, 15) is 19.7 Å². The van der Waals surface area contributed by atoms with Crippen molar-refractivity contribution in [2.75, 3.05) is 16.4 Å². The number of carbonyl (C=O) groups excluding carboxylic acids is 2. The molecule has 2 amide bonds. The van der Waals surface area contributed by atoms with E-state index in [0.29, 0.717) is 5.69 Å². The molecule has 8 heteroatoms. The lowest BCUT2D eigenvalue weighted by Gasteiger charge is -2.06. The number of carbonyl (C=O) groups is 2. The molecule has 24 heavy (non-hydrogen) atoms. The fraction of sp³-hybridized carbons (Fsp3) is 0.125. The fourth-order valence-electron chi connectivity index (χ4n) is 1.91. The second kappa shape index (κ2) is 8.11. The molecule has 124 valence electrons. The fourth-order valence-corrected chi connectivity index (χ4v) is 2.61. The molecule has 0 aromatic heterocycles. The molecule has 0 saturated carbocycles. The highest BCUT2D eigenvalue weighted by Crippen LogP contribution is 2.24. The van der Waals surface area contributed by atoms with Gasteiger partial charge in [0, 0.05) is 23.6 Å². The molecule has 0 aliphatic heterocycles. The zero-order valence-electron chi connectivity index (χ0n) is 12.8. The second-order valence-electron chi connectivity index (χ2n) is 4.82. The lowest BCUT2D eigenvalue weighted by molar-refractivity contribution is -0.383. The van der Waals surface area contributed by atoms with Gasteiger partial charge in [0.1, 0.15) is 5.69 Å². The maximum absolute atomic E-state index is 12.0. The predicted octanol–water partition coefficient (Wildman–Crippen LogP) is 3.28. The van der Waals surface area contributed by atoms with Gasteiger partial charge >= 0.3 is 0 Å². The highest BCUT2D eigenvalue weighted by molar-refractivity contribution is 8.00. The molecule has 0 saturated heterocycles. The number of benzene rings is 2. The largest absolute Gasteiger partial charge is 0.326 e. The number of rotatable bonds is 6. The standard InChI is InChI=1S/C16H15N3O4S/c1-11(20)17-12-6-8-13(9-7-12)24-10-16(21)18-14-4-2-3-5-15(14)19(22)23/h2-9H,10H2,1H3,(H,17,20)(H,18,21). The number of para-hydroxylation sites is 2. The van der Waals surface area contributed by atoms with E-state index in [-0.39, 0.29) is 28.9 Å². The topological polar surface area (TPSA) is 101 Å². The van der Waals surface area contributed by atoms with E-state index in [1.165, 1.54) is 30.8 Å². The van der Waals surface area contributed by atoms with Crippen LogP contribution in [0.5, 0.6) is 0 Å². The van der Waals surface area contributed by atoms with Gasteiger partial charge in [0.15, 0.2) is 0 Å². The van der Waals surface area contributed by atoms with E-state index in [0.717, 1.165) is 4.90 Å². The third kappa shape index (κ3) is 5.10. The molecule has 0 radical (unpaired) electrons. The Hall–Kier alpha value is -2.87. The quantitative estimate of drug-likeness (QED) is 0.475. The van der Waals surface area contributed by atoms with Gasteiger partial charge in [-0.05, 0) is 30.3 Å². The lowest BCUT2D eigenvalue weighted by atomic mass is 10.2. The van der Waals surface area contributed by atoms with E-state index in [1.807, 2.05) is 0 Å². The molecule has 0 unspecified atom stereocenters. The highest BCUT2D eigenvalue weighted by atomic mass is 32.2. The van der Waals surface area contributed by atoms with Crippen LogP contribution in [0.25, 0.3) is 0 Å². The van der Waals surface area contributed by atoms with Crippen molar-refractivity contribution in [2.24, 2.45) is 0 Å². The Labute approximate surface area is 142 Å². The van der Waals surface area contributed by atoms with Crippen LogP contribution in [0.4, 0.5) is 17.1 Å². The molecule has 2 rings (SSSR count). The summed E-state index contributed by atoms with van der Waals surface area (Å²) in [6.45, 7) is 1.43. The Bertz CT molecular complexity index is 762. The summed E-state index contributed by atoms with van der Waals surface area (Å²) in [5.41, 5.74) is 0.709. The maximum Gasteiger partial charge on any atom is 0.292 e. The Morgan fingerprint density at radius 2 is 1.75 bits per heavy atom. The molecule has 0 fully saturated rings. The van der Waals surface area contributed by atoms with Crippen LogP contribution in [0.2, 0.25) is 0 Å². The minimum atomic E-state index is -0.538. The Morgan fingerprint density at radius 1 is 1.08 bits per heavy atom. The molecular formula is C16H15N3O4S. The first-order valence-electron chi connectivity index (χ1n) is 6.99. The van der Waals surface area contributed by atoms with Crippen LogP contribution in [0.15, 0.2) is 53.4 Å². The first kappa shape index (κ1) is 17.5. The average Bonchev–Trinajstić information content (AvgIpc) is 2.54. The summed E-state index contributed by atoms with van der Waals surface area (Å²) in [6.07, 6.45) is 0. The van der Waals surface area contributed by atoms with Gasteiger partial charge in [-0.25, -0.2) is 0 Å². The highest BCUT2D eigenvalue weighted by Gasteiger charge is 2.14. The number of nitro groups is 1. The van der Waals surface area contributed by atoms with Crippen LogP contribution in [0.3, 0.4) is 0 Å². The Morgan fingerprint density at radius 3 is 2.38 bits per heavy atom. The van der Waals surface area contributed by atoms with Gasteiger partial charge in [0.05, 0.1) is 10.7 Å². The third-order valence-electron chi connectivity index (χ3n) is 2.92. The van der Waals surface area contributed by atoms with Crippen molar-refractivity contribution in [3.05, 3.63) is 58.6 Å². The molecule has 0 bridgehead atoms. The number of hydrogen-bond donors (Lipinski definition) is 2. The van der Waals surface area contributed by atoms with E-state index in [2.05, 4.69) is 10.6 Å². The van der Waals surface area contributed by atoms with Gasteiger partial charge in [-0.2, -0.15) is 0 Å². The zero-order valence-corrected chi connectivity index (χ0v) is 13.6. The molecule has 0 aliphatic rings. The summed E-state index contributed by atoms with van der Waals surface area (Å²) in [4.78, 5) is 34.1. The van der Waals surface area contributed by atoms with E-state index in [4.69, 9.17) is 0 Å². The number of thioether (sulfide) groups is 1. The number of amides is 2. The Balaban J connectivity index is 1.92. The van der Waals surface area contributed by atoms with Gasteiger partial charge in [-0.1, -0.05) is 12.1 Å². The number of anilines is 2. The van der Waals surface area contributed by atoms with Gasteiger partial charge in [0.25, 0.3) is 5.69 Å². The van der Waals surface area contributed by atoms with E-state index >= 15 is 0 Å². The normalized spacial score (nSPS) is 10.0. The van der Waals surface area contributed by atoms with Gasteiger partial charge in [-0.15, -0.1) is 11.8 Å². The second-order valence-corrected chi connectivity index (χ2v) is 5.87. The third-order valence-corrected chi connectivity index (χ3v) is 3.93. The van der Waals surface area contributed by atoms with Crippen molar-refractivity contribution in [1.82, 2.24) is 0 Å². The zero-order chi connectivity index (χ0) is 17.5. The monoisotopic (exact) mass is 345 g/mol. The van der Waals surface area contributed by atoms with Gasteiger partial charge in [0.2, 0.25) is 11.8 Å². The smallest absolute Gasteiger partial charge is 0.292 e. The maximum atomic E-state index is 12.0. The first-order chi connectivity index (χ1) is 11.5. The van der Waals surface area contributed by atoms with Crippen LogP contribution in [0, 0.1) is 10.1 Å². The molecule has 0 atom stereocenters. The molecule has 2 aromatic rings. The summed E-state index contributed by atoms with van der Waals surface area (Å²) >= 11 is 1.30. The summed E-state index contributed by atoms with van der Waals surface area (Å²) in [6, 6.07) is 13.0. The summed E-state index contributed by atoms with van der Waals surface area (Å²) in [5.74, 6) is -0.370. The van der Waals surface area contributed by atoms with Crippen LogP contribution in [-0.2, 0) is 9.59 Å². The van der Waals surface area contributed by atoms with Crippen LogP contribution < -0.4 is 10.6 Å². The van der Waals surface area contributed by atoms with Crippen molar-refractivity contribution in [3.8, 4) is 0 Å². The summed E-state index contributed by atoms with van der Waals surface area (Å²) in [7, 11) is 0. The number of hydrogen-bond acceptors (Lipinski definition) is 5. The van der Waals surface area contributed by atoms with Crippen molar-refractivity contribution >= 4 is 40.6 Å². The van der Waals surface area contributed by atoms with Crippen molar-refractivity contribution < 1.29 is 14.5 Å². The van der Waals surface area contributed by atoms with Crippen molar-refractivity contribution in [3.63, 3.8) is 0 Å². The molecule has 2 N–H and O–H groups in total. The first-order valence-corrected chi connectivity index (χ1v) is 7.98. The SMILES string of the molecule is CC(=O)Nc1ccc(SCC(=O)Nc2ccccc2[N+](=O)[O-])cc1. The van der Waals surface area contributed by atoms with E-state index in [1.54, 1.807) is 36.4 Å². The summed E-state index contributed by atoms with van der Waals surface area (Å²) in [5, 5.41) is 16.1. The Kier molecular flexibility index (Phi) is 5.91. The predicted molar refractivity (Wildman–Crippen MR) is 93.2 cm³/mol. The molecular weight excluding hydrogens is 330 g/mol. The molecule has 0 spiro atoms. The average molecular weight is 345 g/mol. The number of nitro benzene ring substituents is 1. The lowest BCUT2D eigenvalue weighted by Crippen LogP contribution is -2.15. The summed E-state index contributed by atoms with van der Waals surface area (Å²) < 4.78 is 0. The van der Waals surface area contributed by atoms with Crippen LogP contribution >= 0.6 is 11.8 Å². The molecule has 7 nitrogen and oxygen atoms in total. The molecule has 0 heterocycles. The van der Waals surface area contributed by atoms with Gasteiger partial charge < -0.3 is 10.6 Å². The van der Waals surface area contributed by atoms with Crippen LogP contribution in [0.1, 0.15) is 6.92 Å². The van der Waals surface area contributed by atoms with E-state index < -0.39 is 4.92 Å². The number of nitrogens with zero attached hydrogens (tertiary/aromatic N) is 1. The van der Waals surface area contributed by atoms with Crippen LogP contribution in [-0.4, -0.2) is 22.5 Å². The minimum Gasteiger partial charge on any atom is -0.326 e. The minimum absolute atomic E-state index is 0.117. The van der Waals surface area contributed by atoms with Gasteiger partial charge in [-0.3, -0.25) is 19.7 Å². The van der Waals surface area contributed by atoms with Crippen molar-refractivity contribution in [2.45, 2.75) is 11.8 Å². The van der Waals surface area contributed by atoms with Crippen molar-refractivity contribution in [1.29, 1.82) is 0 Å². The molecule has 0 aliphatic carbocycles. The molecule has 2 aromatic carbocycles. The number of nitrogens with one attached hydrogen (secondary N) is 2.